The Kier molecular flexibility index (Phi) is 6.99. The molecule has 4 rings (SSSR count). The number of aryl methyl sites for hydroxylation is 1. The van der Waals surface area contributed by atoms with Crippen molar-refractivity contribution in [2.24, 2.45) is 0 Å². The predicted octanol–water partition coefficient (Wildman–Crippen LogP) is 3.35. The van der Waals surface area contributed by atoms with Gasteiger partial charge in [-0.2, -0.15) is 4.98 Å². The first kappa shape index (κ1) is 21.5. The van der Waals surface area contributed by atoms with Gasteiger partial charge in [-0.05, 0) is 37.7 Å². The zero-order chi connectivity index (χ0) is 21.6. The van der Waals surface area contributed by atoms with Gasteiger partial charge >= 0.3 is 0 Å². The molecule has 1 atom stereocenters. The van der Waals surface area contributed by atoms with E-state index in [0.717, 1.165) is 38.0 Å². The number of aromatic nitrogens is 2. The van der Waals surface area contributed by atoms with Gasteiger partial charge in [-0.15, -0.1) is 0 Å². The minimum absolute atomic E-state index is 0.0334. The smallest absolute Gasteiger partial charge is 0.229 e. The molecule has 2 amide bonds. The second-order valence-electron chi connectivity index (χ2n) is 8.76. The van der Waals surface area contributed by atoms with E-state index in [9.17, 15) is 9.59 Å². The van der Waals surface area contributed by atoms with Gasteiger partial charge in [0.2, 0.25) is 17.7 Å². The van der Waals surface area contributed by atoms with Crippen molar-refractivity contribution < 1.29 is 14.1 Å². The third kappa shape index (κ3) is 5.51. The average molecular weight is 425 g/mol. The number of benzene rings is 1. The highest BCUT2D eigenvalue weighted by Crippen LogP contribution is 2.35. The maximum atomic E-state index is 12.6. The van der Waals surface area contributed by atoms with E-state index in [1.54, 1.807) is 6.92 Å². The number of rotatable bonds is 9. The van der Waals surface area contributed by atoms with Crippen LogP contribution in [0.2, 0.25) is 0 Å². The van der Waals surface area contributed by atoms with Gasteiger partial charge in [0.1, 0.15) is 0 Å². The highest BCUT2D eigenvalue weighted by Gasteiger charge is 2.32. The van der Waals surface area contributed by atoms with Crippen molar-refractivity contribution >= 4 is 11.8 Å². The number of hydrogen-bond donors (Lipinski definition) is 0. The summed E-state index contributed by atoms with van der Waals surface area (Å²) >= 11 is 0. The molecule has 1 saturated heterocycles. The second-order valence-corrected chi connectivity index (χ2v) is 8.76. The molecule has 1 unspecified atom stereocenters. The second kappa shape index (κ2) is 10.1. The summed E-state index contributed by atoms with van der Waals surface area (Å²) in [6.07, 6.45) is 7.19. The Labute approximate surface area is 183 Å². The third-order valence-corrected chi connectivity index (χ3v) is 6.57. The summed E-state index contributed by atoms with van der Waals surface area (Å²) in [4.78, 5) is 33.2. The van der Waals surface area contributed by atoms with Crippen molar-refractivity contribution in [3.63, 3.8) is 0 Å². The summed E-state index contributed by atoms with van der Waals surface area (Å²) in [5.41, 5.74) is 1.26. The molecule has 1 saturated carbocycles. The van der Waals surface area contributed by atoms with Crippen LogP contribution in [0.15, 0.2) is 34.9 Å². The van der Waals surface area contributed by atoms with Crippen LogP contribution in [0.3, 0.4) is 0 Å². The molecule has 0 bridgehead atoms. The predicted molar refractivity (Wildman–Crippen MR) is 116 cm³/mol. The van der Waals surface area contributed by atoms with Crippen LogP contribution in [0.25, 0.3) is 0 Å². The quantitative estimate of drug-likeness (QED) is 0.617. The normalized spacial score (nSPS) is 18.7. The molecule has 1 aromatic carbocycles. The topological polar surface area (TPSA) is 79.5 Å². The van der Waals surface area contributed by atoms with E-state index in [-0.39, 0.29) is 17.9 Å². The highest BCUT2D eigenvalue weighted by atomic mass is 16.5. The Bertz CT molecular complexity index is 878. The lowest BCUT2D eigenvalue weighted by Crippen LogP contribution is -2.42. The summed E-state index contributed by atoms with van der Waals surface area (Å²) in [6.45, 7) is 3.48. The van der Waals surface area contributed by atoms with Gasteiger partial charge in [0.05, 0.1) is 6.04 Å². The van der Waals surface area contributed by atoms with Crippen molar-refractivity contribution in [1.82, 2.24) is 19.9 Å². The number of likely N-dealkylation sites (tertiary alicyclic amines) is 1. The maximum absolute atomic E-state index is 12.6. The van der Waals surface area contributed by atoms with E-state index in [0.29, 0.717) is 44.2 Å². The molecule has 7 nitrogen and oxygen atoms in total. The van der Waals surface area contributed by atoms with Gasteiger partial charge in [-0.3, -0.25) is 9.59 Å². The van der Waals surface area contributed by atoms with Gasteiger partial charge in [0, 0.05) is 45.3 Å². The zero-order valence-corrected chi connectivity index (χ0v) is 18.3. The van der Waals surface area contributed by atoms with Crippen molar-refractivity contribution in [2.45, 2.75) is 70.3 Å². The van der Waals surface area contributed by atoms with E-state index in [2.05, 4.69) is 22.3 Å². The molecule has 1 aliphatic carbocycles. The Morgan fingerprint density at radius 3 is 2.68 bits per heavy atom. The van der Waals surface area contributed by atoms with E-state index < -0.39 is 0 Å². The van der Waals surface area contributed by atoms with E-state index in [1.165, 1.54) is 12.0 Å². The minimum Gasteiger partial charge on any atom is -0.341 e. The summed E-state index contributed by atoms with van der Waals surface area (Å²) in [7, 11) is 0. The lowest BCUT2D eigenvalue weighted by molar-refractivity contribution is -0.133. The van der Waals surface area contributed by atoms with Crippen LogP contribution in [0, 0.1) is 0 Å². The van der Waals surface area contributed by atoms with Crippen molar-refractivity contribution in [3.05, 3.63) is 47.6 Å². The summed E-state index contributed by atoms with van der Waals surface area (Å²) in [6, 6.07) is 10.3. The molecule has 31 heavy (non-hydrogen) atoms. The van der Waals surface area contributed by atoms with Gasteiger partial charge in [0.25, 0.3) is 0 Å². The van der Waals surface area contributed by atoms with Crippen LogP contribution in [-0.2, 0) is 22.4 Å². The Morgan fingerprint density at radius 1 is 1.16 bits per heavy atom. The largest absolute Gasteiger partial charge is 0.341 e. The first-order valence-corrected chi connectivity index (χ1v) is 11.5. The molecule has 166 valence electrons. The van der Waals surface area contributed by atoms with Crippen LogP contribution < -0.4 is 0 Å². The molecule has 1 aliphatic heterocycles. The molecule has 1 aromatic heterocycles. The average Bonchev–Trinajstić information content (AvgIpc) is 3.38. The fourth-order valence-electron chi connectivity index (χ4n) is 4.48. The number of carbonyl (C=O) groups excluding carboxylic acids is 2. The van der Waals surface area contributed by atoms with E-state index in [1.807, 2.05) is 28.0 Å². The van der Waals surface area contributed by atoms with E-state index >= 15 is 0 Å². The Morgan fingerprint density at radius 2 is 1.97 bits per heavy atom. The molecule has 2 aromatic rings. The molecule has 7 heteroatoms. The fourth-order valence-corrected chi connectivity index (χ4v) is 4.48. The molecule has 2 aliphatic rings. The maximum Gasteiger partial charge on any atom is 0.229 e. The molecular formula is C24H32N4O3. The Balaban J connectivity index is 1.24. The van der Waals surface area contributed by atoms with Gasteiger partial charge in [-0.25, -0.2) is 0 Å². The molecule has 0 radical (unpaired) electrons. The van der Waals surface area contributed by atoms with Crippen molar-refractivity contribution in [3.8, 4) is 0 Å². The van der Waals surface area contributed by atoms with E-state index in [4.69, 9.17) is 4.52 Å². The third-order valence-electron chi connectivity index (χ3n) is 6.57. The standard InChI is InChI=1S/C24H32N4O3/c1-18(29)28(16-14-22-25-24(31-26-22)20-10-6-11-20)21-13-15-27(17-21)23(30)12-5-9-19-7-3-2-4-8-19/h2-4,7-8,20-21H,5-6,9-17H2,1H3. The van der Waals surface area contributed by atoms with Crippen LogP contribution >= 0.6 is 0 Å². The fraction of sp³-hybridized carbons (Fsp3) is 0.583. The lowest BCUT2D eigenvalue weighted by atomic mass is 9.85. The molecule has 2 fully saturated rings. The molecular weight excluding hydrogens is 392 g/mol. The molecule has 0 N–H and O–H groups in total. The lowest BCUT2D eigenvalue weighted by Gasteiger charge is -2.27. The summed E-state index contributed by atoms with van der Waals surface area (Å²) < 4.78 is 5.39. The van der Waals surface area contributed by atoms with Crippen LogP contribution in [-0.4, -0.2) is 57.4 Å². The number of carbonyl (C=O) groups is 2. The van der Waals surface area contributed by atoms with Crippen LogP contribution in [0.4, 0.5) is 0 Å². The Hall–Kier alpha value is -2.70. The monoisotopic (exact) mass is 424 g/mol. The van der Waals surface area contributed by atoms with Gasteiger partial charge in [0.15, 0.2) is 5.82 Å². The van der Waals surface area contributed by atoms with Gasteiger partial charge < -0.3 is 14.3 Å². The molecule has 0 spiro atoms. The number of amides is 2. The highest BCUT2D eigenvalue weighted by molar-refractivity contribution is 5.77. The number of nitrogens with zero attached hydrogens (tertiary/aromatic N) is 4. The summed E-state index contributed by atoms with van der Waals surface area (Å²) in [5.74, 6) is 2.04. The zero-order valence-electron chi connectivity index (χ0n) is 18.3. The van der Waals surface area contributed by atoms with Crippen LogP contribution in [0.5, 0.6) is 0 Å². The first-order chi connectivity index (χ1) is 15.1. The minimum atomic E-state index is 0.0334. The molecule has 2 heterocycles. The van der Waals surface area contributed by atoms with Gasteiger partial charge in [-0.1, -0.05) is 41.9 Å². The summed E-state index contributed by atoms with van der Waals surface area (Å²) in [5, 5.41) is 4.09. The van der Waals surface area contributed by atoms with Crippen molar-refractivity contribution in [1.29, 1.82) is 0 Å². The number of hydrogen-bond acceptors (Lipinski definition) is 5. The SMILES string of the molecule is CC(=O)N(CCc1noc(C2CCC2)n1)C1CCN(C(=O)CCCc2ccccc2)C1. The van der Waals surface area contributed by atoms with Crippen LogP contribution in [0.1, 0.15) is 68.6 Å². The first-order valence-electron chi connectivity index (χ1n) is 11.5. The van der Waals surface area contributed by atoms with Crippen molar-refractivity contribution in [2.75, 3.05) is 19.6 Å².